The lowest BCUT2D eigenvalue weighted by atomic mass is 9.82. The van der Waals surface area contributed by atoms with Crippen molar-refractivity contribution in [3.63, 3.8) is 0 Å². The van der Waals surface area contributed by atoms with Crippen molar-refractivity contribution in [1.29, 1.82) is 0 Å². The molecule has 18 heavy (non-hydrogen) atoms. The molecule has 0 atom stereocenters. The summed E-state index contributed by atoms with van der Waals surface area (Å²) in [5, 5.41) is 0. The van der Waals surface area contributed by atoms with Crippen molar-refractivity contribution in [2.75, 3.05) is 0 Å². The van der Waals surface area contributed by atoms with Crippen LogP contribution in [0.15, 0.2) is 0 Å². The first kappa shape index (κ1) is 15.0. The van der Waals surface area contributed by atoms with Crippen molar-refractivity contribution in [3.8, 4) is 0 Å². The zero-order chi connectivity index (χ0) is 13.8. The smallest absolute Gasteiger partial charge is 0.309 e. The largest absolute Gasteiger partial charge is 0.422 e. The Kier molecular flexibility index (Phi) is 4.77. The lowest BCUT2D eigenvalue weighted by Gasteiger charge is -2.42. The number of carbonyl (C=O) groups is 2. The van der Waals surface area contributed by atoms with E-state index in [4.69, 9.17) is 9.47 Å². The first-order chi connectivity index (χ1) is 8.31. The lowest BCUT2D eigenvalue weighted by Crippen LogP contribution is -2.50. The molecule has 0 N–H and O–H groups in total. The molecule has 0 unspecified atom stereocenters. The molecule has 1 saturated heterocycles. The van der Waals surface area contributed by atoms with Crippen LogP contribution in [0.1, 0.15) is 66.2 Å². The Labute approximate surface area is 109 Å². The van der Waals surface area contributed by atoms with E-state index in [-0.39, 0.29) is 11.9 Å². The summed E-state index contributed by atoms with van der Waals surface area (Å²) in [6, 6.07) is 0. The van der Waals surface area contributed by atoms with E-state index < -0.39 is 11.2 Å². The van der Waals surface area contributed by atoms with Crippen molar-refractivity contribution >= 4 is 11.9 Å². The van der Waals surface area contributed by atoms with Gasteiger partial charge in [0.05, 0.1) is 0 Å². The minimum absolute atomic E-state index is 0.270. The average Bonchev–Trinajstić information content (AvgIpc) is 2.28. The highest BCUT2D eigenvalue weighted by atomic mass is 16.7. The molecule has 104 valence electrons. The molecule has 0 aromatic carbocycles. The molecular formula is C14H24O4. The van der Waals surface area contributed by atoms with Crippen LogP contribution in [0.25, 0.3) is 0 Å². The second-order valence-corrected chi connectivity index (χ2v) is 5.91. The van der Waals surface area contributed by atoms with Crippen molar-refractivity contribution < 1.29 is 19.1 Å². The lowest BCUT2D eigenvalue weighted by molar-refractivity contribution is -0.267. The maximum absolute atomic E-state index is 11.8. The Balaban J connectivity index is 3.06. The van der Waals surface area contributed by atoms with Crippen LogP contribution in [0.2, 0.25) is 0 Å². The number of hydrogen-bond acceptors (Lipinski definition) is 4. The predicted molar refractivity (Wildman–Crippen MR) is 67.7 cm³/mol. The summed E-state index contributed by atoms with van der Waals surface area (Å²) in [4.78, 5) is 23.6. The number of esters is 2. The van der Waals surface area contributed by atoms with Crippen molar-refractivity contribution in [3.05, 3.63) is 0 Å². The first-order valence-corrected chi connectivity index (χ1v) is 6.74. The molecule has 0 aromatic heterocycles. The van der Waals surface area contributed by atoms with Crippen LogP contribution in [-0.2, 0) is 19.1 Å². The highest BCUT2D eigenvalue weighted by Crippen LogP contribution is 2.40. The summed E-state index contributed by atoms with van der Waals surface area (Å²) < 4.78 is 11.1. The zero-order valence-electron chi connectivity index (χ0n) is 11.9. The molecule has 1 aliphatic heterocycles. The van der Waals surface area contributed by atoms with Crippen LogP contribution >= 0.6 is 0 Å². The number of rotatable bonds is 2. The summed E-state index contributed by atoms with van der Waals surface area (Å²) >= 11 is 0. The highest BCUT2D eigenvalue weighted by molar-refractivity contribution is 5.73. The van der Waals surface area contributed by atoms with Gasteiger partial charge in [-0.2, -0.15) is 0 Å². The number of hydrogen-bond donors (Lipinski definition) is 0. The van der Waals surface area contributed by atoms with Gasteiger partial charge in [0, 0.05) is 24.7 Å². The van der Waals surface area contributed by atoms with Crippen molar-refractivity contribution in [2.45, 2.75) is 72.0 Å². The van der Waals surface area contributed by atoms with E-state index in [0.717, 1.165) is 6.42 Å². The molecule has 0 saturated carbocycles. The van der Waals surface area contributed by atoms with Gasteiger partial charge < -0.3 is 9.47 Å². The zero-order valence-corrected chi connectivity index (χ0v) is 11.9. The molecule has 0 aliphatic carbocycles. The Morgan fingerprint density at radius 3 is 1.83 bits per heavy atom. The van der Waals surface area contributed by atoms with Gasteiger partial charge in [0.15, 0.2) is 0 Å². The molecule has 4 heteroatoms. The minimum atomic E-state index is -1.12. The van der Waals surface area contributed by atoms with Gasteiger partial charge in [-0.1, -0.05) is 27.7 Å². The standard InChI is InChI=1S/C14H24O4/c1-5-10-14(13(2,3)4)17-11(15)8-6-7-9-12(16)18-14/h5-10H2,1-4H3. The van der Waals surface area contributed by atoms with E-state index in [2.05, 4.69) is 0 Å². The summed E-state index contributed by atoms with van der Waals surface area (Å²) in [5.74, 6) is -1.67. The van der Waals surface area contributed by atoms with E-state index in [9.17, 15) is 9.59 Å². The SMILES string of the molecule is CCCC1(C(C)(C)C)OC(=O)CCCCC(=O)O1. The number of cyclic esters (lactones) is 2. The summed E-state index contributed by atoms with van der Waals surface area (Å²) in [7, 11) is 0. The Morgan fingerprint density at radius 1 is 1.06 bits per heavy atom. The third kappa shape index (κ3) is 3.47. The fraction of sp³-hybridized carbons (Fsp3) is 0.857. The average molecular weight is 256 g/mol. The van der Waals surface area contributed by atoms with Gasteiger partial charge in [-0.15, -0.1) is 0 Å². The van der Waals surface area contributed by atoms with E-state index in [1.807, 2.05) is 27.7 Å². The van der Waals surface area contributed by atoms with Crippen LogP contribution in [0.3, 0.4) is 0 Å². The molecule has 1 heterocycles. The van der Waals surface area contributed by atoms with Gasteiger partial charge in [-0.3, -0.25) is 9.59 Å². The molecule has 1 fully saturated rings. The highest BCUT2D eigenvalue weighted by Gasteiger charge is 2.48. The van der Waals surface area contributed by atoms with Gasteiger partial charge in [0.2, 0.25) is 0 Å². The minimum Gasteiger partial charge on any atom is -0.422 e. The van der Waals surface area contributed by atoms with E-state index in [1.165, 1.54) is 0 Å². The number of carbonyl (C=O) groups excluding carboxylic acids is 2. The normalized spacial score (nSPS) is 21.3. The Bertz CT molecular complexity index is 294. The molecule has 1 aliphatic rings. The van der Waals surface area contributed by atoms with Gasteiger partial charge in [0.1, 0.15) is 0 Å². The van der Waals surface area contributed by atoms with Crippen molar-refractivity contribution in [1.82, 2.24) is 0 Å². The maximum Gasteiger partial charge on any atom is 0.309 e. The monoisotopic (exact) mass is 256 g/mol. The van der Waals surface area contributed by atoms with Crippen molar-refractivity contribution in [2.24, 2.45) is 5.41 Å². The molecule has 0 amide bonds. The van der Waals surface area contributed by atoms with Crippen LogP contribution in [0.5, 0.6) is 0 Å². The Hall–Kier alpha value is -1.06. The van der Waals surface area contributed by atoms with E-state index >= 15 is 0 Å². The molecule has 4 nitrogen and oxygen atoms in total. The van der Waals surface area contributed by atoms with Gasteiger partial charge >= 0.3 is 11.9 Å². The second kappa shape index (κ2) is 5.72. The Morgan fingerprint density at radius 2 is 1.50 bits per heavy atom. The quantitative estimate of drug-likeness (QED) is 0.712. The summed E-state index contributed by atoms with van der Waals surface area (Å²) in [6.45, 7) is 7.78. The third-order valence-corrected chi connectivity index (χ3v) is 3.29. The van der Waals surface area contributed by atoms with Gasteiger partial charge in [-0.25, -0.2) is 0 Å². The molecule has 1 rings (SSSR count). The summed E-state index contributed by atoms with van der Waals surface area (Å²) in [6.07, 6.45) is 3.41. The topological polar surface area (TPSA) is 52.6 Å². The molecular weight excluding hydrogens is 232 g/mol. The fourth-order valence-electron chi connectivity index (χ4n) is 2.14. The predicted octanol–water partition coefficient (Wildman–Crippen LogP) is 3.19. The molecule has 0 bridgehead atoms. The van der Waals surface area contributed by atoms with Crippen LogP contribution in [0, 0.1) is 5.41 Å². The van der Waals surface area contributed by atoms with Crippen LogP contribution < -0.4 is 0 Å². The van der Waals surface area contributed by atoms with E-state index in [1.54, 1.807) is 0 Å². The first-order valence-electron chi connectivity index (χ1n) is 6.74. The van der Waals surface area contributed by atoms with Gasteiger partial charge in [0.25, 0.3) is 5.79 Å². The van der Waals surface area contributed by atoms with Crippen LogP contribution in [0.4, 0.5) is 0 Å². The summed E-state index contributed by atoms with van der Waals surface area (Å²) in [5.41, 5.74) is -0.432. The van der Waals surface area contributed by atoms with Crippen LogP contribution in [-0.4, -0.2) is 17.7 Å². The second-order valence-electron chi connectivity index (χ2n) is 5.91. The number of ether oxygens (including phenoxy) is 2. The molecule has 0 aromatic rings. The molecule has 0 radical (unpaired) electrons. The molecule has 0 spiro atoms. The fourth-order valence-corrected chi connectivity index (χ4v) is 2.14. The maximum atomic E-state index is 11.8. The van der Waals surface area contributed by atoms with Gasteiger partial charge in [-0.05, 0) is 19.3 Å². The van der Waals surface area contributed by atoms with E-state index in [0.29, 0.717) is 32.1 Å². The third-order valence-electron chi connectivity index (χ3n) is 3.29.